The second-order valence-corrected chi connectivity index (χ2v) is 8.41. The summed E-state index contributed by atoms with van der Waals surface area (Å²) in [7, 11) is -2.29. The molecule has 21 heavy (non-hydrogen) atoms. The van der Waals surface area contributed by atoms with E-state index in [9.17, 15) is 18.5 Å². The zero-order valence-corrected chi connectivity index (χ0v) is 14.3. The van der Waals surface area contributed by atoms with Crippen LogP contribution in [0.5, 0.6) is 0 Å². The Morgan fingerprint density at radius 3 is 2.62 bits per heavy atom. The molecule has 0 amide bonds. The molecular weight excluding hydrogens is 336 g/mol. The Morgan fingerprint density at radius 1 is 1.62 bits per heavy atom. The predicted octanol–water partition coefficient (Wildman–Crippen LogP) is 1.70. The first kappa shape index (κ1) is 18.2. The fraction of sp³-hybridized carbons (Fsp3) is 0.600. The summed E-state index contributed by atoms with van der Waals surface area (Å²) in [6, 6.07) is 0.873. The zero-order chi connectivity index (χ0) is 16.2. The van der Waals surface area contributed by atoms with E-state index in [0.29, 0.717) is 12.2 Å². The summed E-state index contributed by atoms with van der Waals surface area (Å²) in [5.74, 6) is 5.85. The van der Waals surface area contributed by atoms with Crippen LogP contribution in [-0.2, 0) is 10.0 Å². The van der Waals surface area contributed by atoms with E-state index in [1.807, 2.05) is 13.2 Å². The number of hydrazine groups is 1. The van der Waals surface area contributed by atoms with Crippen molar-refractivity contribution in [3.8, 4) is 0 Å². The summed E-state index contributed by atoms with van der Waals surface area (Å²) in [4.78, 5) is 10.2. The second-order valence-electron chi connectivity index (χ2n) is 4.22. The van der Waals surface area contributed by atoms with E-state index < -0.39 is 14.9 Å². The van der Waals surface area contributed by atoms with Gasteiger partial charge in [0.25, 0.3) is 10.0 Å². The number of sulfonamides is 1. The van der Waals surface area contributed by atoms with Gasteiger partial charge < -0.3 is 5.43 Å². The van der Waals surface area contributed by atoms with Gasteiger partial charge in [0.1, 0.15) is 4.21 Å². The smallest absolute Gasteiger partial charge is 0.306 e. The van der Waals surface area contributed by atoms with Crippen molar-refractivity contribution in [2.24, 2.45) is 5.84 Å². The van der Waals surface area contributed by atoms with Gasteiger partial charge in [0.15, 0.2) is 5.00 Å². The van der Waals surface area contributed by atoms with Crippen LogP contribution in [0.25, 0.3) is 0 Å². The number of hydrogen-bond acceptors (Lipinski definition) is 8. The van der Waals surface area contributed by atoms with Gasteiger partial charge >= 0.3 is 5.69 Å². The minimum absolute atomic E-state index is 0.0184. The summed E-state index contributed by atoms with van der Waals surface area (Å²) >= 11 is 2.30. The van der Waals surface area contributed by atoms with E-state index >= 15 is 0 Å². The maximum absolute atomic E-state index is 12.5. The van der Waals surface area contributed by atoms with Crippen molar-refractivity contribution in [2.75, 3.05) is 24.5 Å². The highest BCUT2D eigenvalue weighted by atomic mass is 32.2. The summed E-state index contributed by atoms with van der Waals surface area (Å²) in [5, 5.41) is 10.9. The highest BCUT2D eigenvalue weighted by Gasteiger charge is 2.32. The molecule has 1 aromatic heterocycles. The second kappa shape index (κ2) is 7.40. The maximum Gasteiger partial charge on any atom is 0.306 e. The van der Waals surface area contributed by atoms with Crippen molar-refractivity contribution in [3.05, 3.63) is 16.2 Å². The van der Waals surface area contributed by atoms with Crippen LogP contribution in [0, 0.1) is 10.1 Å². The number of thiophene rings is 1. The van der Waals surface area contributed by atoms with E-state index in [1.54, 1.807) is 11.8 Å². The van der Waals surface area contributed by atoms with Gasteiger partial charge in [0, 0.05) is 24.9 Å². The molecule has 0 aliphatic rings. The molecule has 1 aromatic rings. The molecule has 11 heteroatoms. The van der Waals surface area contributed by atoms with Crippen molar-refractivity contribution in [1.82, 2.24) is 4.31 Å². The van der Waals surface area contributed by atoms with Gasteiger partial charge in [-0.3, -0.25) is 10.1 Å². The Labute approximate surface area is 131 Å². The third-order valence-electron chi connectivity index (χ3n) is 3.00. The maximum atomic E-state index is 12.5. The summed E-state index contributed by atoms with van der Waals surface area (Å²) in [5.41, 5.74) is 1.83. The van der Waals surface area contributed by atoms with Crippen LogP contribution in [0.2, 0.25) is 0 Å². The van der Waals surface area contributed by atoms with E-state index in [0.717, 1.165) is 17.4 Å². The molecular formula is C10H18N4O4S3. The molecule has 0 bridgehead atoms. The first-order chi connectivity index (χ1) is 9.79. The average Bonchev–Trinajstić information content (AvgIpc) is 2.89. The Hall–Kier alpha value is -0.880. The van der Waals surface area contributed by atoms with Crippen LogP contribution >= 0.6 is 23.1 Å². The molecule has 3 N–H and O–H groups in total. The van der Waals surface area contributed by atoms with E-state index in [2.05, 4.69) is 5.43 Å². The van der Waals surface area contributed by atoms with Crippen molar-refractivity contribution < 1.29 is 13.3 Å². The SMILES string of the molecule is CCC(CSC)N(C)S(=O)(=O)c1cc([N+](=O)[O-])c(NN)s1. The lowest BCUT2D eigenvalue weighted by atomic mass is 10.3. The van der Waals surface area contributed by atoms with Crippen molar-refractivity contribution >= 4 is 43.8 Å². The molecule has 0 saturated heterocycles. The van der Waals surface area contributed by atoms with Crippen LogP contribution in [0.3, 0.4) is 0 Å². The van der Waals surface area contributed by atoms with Crippen LogP contribution in [0.4, 0.5) is 10.7 Å². The Balaban J connectivity index is 3.21. The van der Waals surface area contributed by atoms with E-state index in [-0.39, 0.29) is 20.9 Å². The van der Waals surface area contributed by atoms with Gasteiger partial charge in [-0.2, -0.15) is 16.1 Å². The fourth-order valence-corrected chi connectivity index (χ4v) is 5.53. The molecule has 1 rings (SSSR count). The van der Waals surface area contributed by atoms with Crippen LogP contribution in [0.15, 0.2) is 10.3 Å². The quantitative estimate of drug-likeness (QED) is 0.414. The third kappa shape index (κ3) is 3.86. The number of nitrogens with zero attached hydrogens (tertiary/aromatic N) is 2. The van der Waals surface area contributed by atoms with Gasteiger partial charge in [-0.1, -0.05) is 18.3 Å². The fourth-order valence-electron chi connectivity index (χ4n) is 1.74. The summed E-state index contributed by atoms with van der Waals surface area (Å²) < 4.78 is 26.3. The van der Waals surface area contributed by atoms with Gasteiger partial charge in [-0.25, -0.2) is 14.3 Å². The third-order valence-corrected chi connectivity index (χ3v) is 7.13. The van der Waals surface area contributed by atoms with Crippen LogP contribution in [-0.4, -0.2) is 42.7 Å². The minimum Gasteiger partial charge on any atom is -0.310 e. The number of hydrogen-bond donors (Lipinski definition) is 2. The van der Waals surface area contributed by atoms with Gasteiger partial charge in [-0.05, 0) is 12.7 Å². The molecule has 0 saturated carbocycles. The highest BCUT2D eigenvalue weighted by molar-refractivity contribution is 7.98. The normalized spacial score (nSPS) is 13.4. The Bertz CT molecular complexity index is 601. The summed E-state index contributed by atoms with van der Waals surface area (Å²) in [6.07, 6.45) is 2.56. The first-order valence-electron chi connectivity index (χ1n) is 6.01. The lowest BCUT2D eigenvalue weighted by Crippen LogP contribution is -2.37. The minimum atomic E-state index is -3.78. The number of nitrogens with two attached hydrogens (primary N) is 1. The molecule has 1 heterocycles. The standard InChI is InChI=1S/C10H18N4O4S3/c1-4-7(6-19-3)13(2)21(17,18)9-5-8(14(15)16)10(12-11)20-9/h5,7,12H,4,6,11H2,1-3H3. The molecule has 0 aromatic carbocycles. The molecule has 1 atom stereocenters. The number of anilines is 1. The molecule has 120 valence electrons. The number of nitrogens with one attached hydrogen (secondary N) is 1. The molecule has 0 spiro atoms. The number of rotatable bonds is 8. The van der Waals surface area contributed by atoms with Gasteiger partial charge in [0.2, 0.25) is 0 Å². The molecule has 0 radical (unpaired) electrons. The van der Waals surface area contributed by atoms with Gasteiger partial charge in [0.05, 0.1) is 4.92 Å². The number of nitrogen functional groups attached to an aromatic ring is 1. The van der Waals surface area contributed by atoms with E-state index in [4.69, 9.17) is 5.84 Å². The lowest BCUT2D eigenvalue weighted by Gasteiger charge is -2.25. The topological polar surface area (TPSA) is 119 Å². The average molecular weight is 354 g/mol. The predicted molar refractivity (Wildman–Crippen MR) is 86.2 cm³/mol. The van der Waals surface area contributed by atoms with Crippen LogP contribution in [0.1, 0.15) is 13.3 Å². The van der Waals surface area contributed by atoms with Crippen molar-refractivity contribution in [2.45, 2.75) is 23.6 Å². The summed E-state index contributed by atoms with van der Waals surface area (Å²) in [6.45, 7) is 1.90. The molecule has 0 fully saturated rings. The Morgan fingerprint density at radius 2 is 2.24 bits per heavy atom. The zero-order valence-electron chi connectivity index (χ0n) is 11.9. The highest BCUT2D eigenvalue weighted by Crippen LogP contribution is 2.37. The van der Waals surface area contributed by atoms with Crippen molar-refractivity contribution in [3.63, 3.8) is 0 Å². The number of thioether (sulfide) groups is 1. The molecule has 0 aliphatic heterocycles. The molecule has 1 unspecified atom stereocenters. The number of nitro groups is 1. The lowest BCUT2D eigenvalue weighted by molar-refractivity contribution is -0.383. The van der Waals surface area contributed by atoms with Crippen LogP contribution < -0.4 is 11.3 Å². The van der Waals surface area contributed by atoms with Gasteiger partial charge in [-0.15, -0.1) is 0 Å². The monoisotopic (exact) mass is 354 g/mol. The van der Waals surface area contributed by atoms with Crippen molar-refractivity contribution in [1.29, 1.82) is 0 Å². The first-order valence-corrected chi connectivity index (χ1v) is 9.66. The molecule has 0 aliphatic carbocycles. The Kier molecular flexibility index (Phi) is 6.41. The van der Waals surface area contributed by atoms with E-state index in [1.165, 1.54) is 11.4 Å². The largest absolute Gasteiger partial charge is 0.310 e. The molecule has 8 nitrogen and oxygen atoms in total.